The number of hydrogen-bond acceptors (Lipinski definition) is 4. The number of halogens is 2. The monoisotopic (exact) mass is 486 g/mol. The van der Waals surface area contributed by atoms with Crippen molar-refractivity contribution >= 4 is 18.0 Å². The van der Waals surface area contributed by atoms with Gasteiger partial charge >= 0.3 is 12.1 Å². The van der Waals surface area contributed by atoms with Crippen molar-refractivity contribution in [2.45, 2.75) is 38.2 Å². The van der Waals surface area contributed by atoms with E-state index in [2.05, 4.69) is 5.32 Å². The van der Waals surface area contributed by atoms with Crippen molar-refractivity contribution in [2.75, 3.05) is 19.7 Å². The Balaban J connectivity index is 1.37. The third-order valence-corrected chi connectivity index (χ3v) is 6.81. The number of hydrogen-bond donors (Lipinski definition) is 2. The number of carboxylic acids is 1. The van der Waals surface area contributed by atoms with Crippen LogP contribution in [0.15, 0.2) is 48.5 Å². The molecule has 2 atom stereocenters. The fourth-order valence-corrected chi connectivity index (χ4v) is 4.79. The Morgan fingerprint density at radius 1 is 1.09 bits per heavy atom. The number of carboxylic acid groups (broad SMARTS) is 1. The summed E-state index contributed by atoms with van der Waals surface area (Å²) in [5.74, 6) is -7.99. The average molecular weight is 487 g/mol. The molecule has 1 aliphatic heterocycles. The Hall–Kier alpha value is -3.49. The number of rotatable bonds is 7. The normalized spacial score (nSPS) is 19.2. The Kier molecular flexibility index (Phi) is 6.78. The molecule has 9 heteroatoms. The first-order chi connectivity index (χ1) is 16.6. The highest BCUT2D eigenvalue weighted by molar-refractivity contribution is 5.81. The molecule has 0 bridgehead atoms. The van der Waals surface area contributed by atoms with E-state index in [1.165, 1.54) is 0 Å². The van der Waals surface area contributed by atoms with Crippen molar-refractivity contribution in [1.29, 1.82) is 0 Å². The Morgan fingerprint density at radius 3 is 2.17 bits per heavy atom. The third-order valence-electron chi connectivity index (χ3n) is 6.81. The van der Waals surface area contributed by atoms with Crippen LogP contribution in [0, 0.1) is 11.8 Å². The van der Waals surface area contributed by atoms with Gasteiger partial charge in [0.05, 0.1) is 6.54 Å². The highest BCUT2D eigenvalue weighted by Crippen LogP contribution is 2.44. The second-order valence-electron chi connectivity index (χ2n) is 9.45. The number of aliphatic carboxylic acids is 1. The second-order valence-corrected chi connectivity index (χ2v) is 9.45. The molecule has 1 aliphatic carbocycles. The summed E-state index contributed by atoms with van der Waals surface area (Å²) >= 11 is 0. The van der Waals surface area contributed by atoms with E-state index >= 15 is 0 Å². The first kappa shape index (κ1) is 24.6. The fourth-order valence-electron chi connectivity index (χ4n) is 4.79. The number of alkyl halides is 2. The first-order valence-electron chi connectivity index (χ1n) is 11.6. The van der Waals surface area contributed by atoms with Crippen LogP contribution in [0.3, 0.4) is 0 Å². The van der Waals surface area contributed by atoms with Crippen LogP contribution in [0.5, 0.6) is 0 Å². The predicted molar refractivity (Wildman–Crippen MR) is 124 cm³/mol. The van der Waals surface area contributed by atoms with Crippen molar-refractivity contribution in [3.8, 4) is 11.1 Å². The van der Waals surface area contributed by atoms with Gasteiger partial charge in [0.2, 0.25) is 5.91 Å². The molecule has 4 rings (SSSR count). The van der Waals surface area contributed by atoms with Gasteiger partial charge in [0.1, 0.15) is 12.5 Å². The van der Waals surface area contributed by atoms with Gasteiger partial charge in [-0.1, -0.05) is 62.4 Å². The molecule has 0 radical (unpaired) electrons. The molecule has 2 aromatic rings. The van der Waals surface area contributed by atoms with Gasteiger partial charge in [-0.2, -0.15) is 0 Å². The Morgan fingerprint density at radius 2 is 1.66 bits per heavy atom. The molecule has 2 aromatic carbocycles. The Bertz CT molecular complexity index is 1090. The van der Waals surface area contributed by atoms with Gasteiger partial charge in [-0.15, -0.1) is 0 Å². The molecule has 0 saturated carbocycles. The molecule has 1 heterocycles. The van der Waals surface area contributed by atoms with E-state index in [9.17, 15) is 23.2 Å². The largest absolute Gasteiger partial charge is 0.481 e. The molecule has 2 aliphatic rings. The molecule has 0 aromatic heterocycles. The zero-order chi connectivity index (χ0) is 25.3. The lowest BCUT2D eigenvalue weighted by molar-refractivity contribution is -0.151. The number of ether oxygens (including phenoxy) is 1. The van der Waals surface area contributed by atoms with Crippen LogP contribution in [0.25, 0.3) is 11.1 Å². The van der Waals surface area contributed by atoms with E-state index in [0.717, 1.165) is 27.2 Å². The van der Waals surface area contributed by atoms with Gasteiger partial charge < -0.3 is 20.1 Å². The van der Waals surface area contributed by atoms with E-state index in [4.69, 9.17) is 9.84 Å². The molecule has 2 N–H and O–H groups in total. The summed E-state index contributed by atoms with van der Waals surface area (Å²) in [5, 5.41) is 11.7. The lowest BCUT2D eigenvalue weighted by Gasteiger charge is -2.25. The molecule has 186 valence electrons. The second kappa shape index (κ2) is 9.64. The predicted octanol–water partition coefficient (Wildman–Crippen LogP) is 4.12. The highest BCUT2D eigenvalue weighted by Gasteiger charge is 2.53. The number of nitrogens with zero attached hydrogens (tertiary/aromatic N) is 1. The standard InChI is InChI=1S/C26H28F2N2O5/c1-15(2)22(11-23(31)30-12-21(24(32)33)26(27,28)14-30)29-25(34)35-13-20-18-9-5-3-7-16(18)17-8-4-6-10-19(17)20/h3-10,15,20-22H,11-14H2,1-2H3,(H,29,34)(H,32,33)/t21?,22-/m1/s1. The van der Waals surface area contributed by atoms with Crippen LogP contribution in [0.2, 0.25) is 0 Å². The van der Waals surface area contributed by atoms with Crippen molar-refractivity contribution in [1.82, 2.24) is 10.2 Å². The SMILES string of the molecule is CC(C)[C@@H](CC(=O)N1CC(C(=O)O)C(F)(F)C1)NC(=O)OCC1c2ccccc2-c2ccccc21. The van der Waals surface area contributed by atoms with E-state index in [1.54, 1.807) is 13.8 Å². The maximum atomic E-state index is 14.0. The van der Waals surface area contributed by atoms with E-state index in [0.29, 0.717) is 0 Å². The van der Waals surface area contributed by atoms with E-state index < -0.39 is 48.9 Å². The highest BCUT2D eigenvalue weighted by atomic mass is 19.3. The topological polar surface area (TPSA) is 95.9 Å². The number of benzene rings is 2. The number of carbonyl (C=O) groups excluding carboxylic acids is 2. The van der Waals surface area contributed by atoms with Crippen LogP contribution >= 0.6 is 0 Å². The lowest BCUT2D eigenvalue weighted by atomic mass is 9.98. The summed E-state index contributed by atoms with van der Waals surface area (Å²) in [4.78, 5) is 37.2. The number of amides is 2. The molecular weight excluding hydrogens is 458 g/mol. The molecule has 1 fully saturated rings. The smallest absolute Gasteiger partial charge is 0.407 e. The molecule has 7 nitrogen and oxygen atoms in total. The van der Waals surface area contributed by atoms with Gasteiger partial charge in [0, 0.05) is 24.9 Å². The minimum absolute atomic E-state index is 0.108. The molecule has 1 saturated heterocycles. The first-order valence-corrected chi connectivity index (χ1v) is 11.6. The summed E-state index contributed by atoms with van der Waals surface area (Å²) < 4.78 is 33.5. The molecule has 2 amide bonds. The number of nitrogens with one attached hydrogen (secondary N) is 1. The van der Waals surface area contributed by atoms with Crippen LogP contribution in [0.4, 0.5) is 13.6 Å². The van der Waals surface area contributed by atoms with Gasteiger partial charge in [-0.25, -0.2) is 13.6 Å². The summed E-state index contributed by atoms with van der Waals surface area (Å²) in [6.07, 6.45) is -0.932. The zero-order valence-electron chi connectivity index (χ0n) is 19.5. The quantitative estimate of drug-likeness (QED) is 0.614. The van der Waals surface area contributed by atoms with Crippen LogP contribution in [-0.2, 0) is 14.3 Å². The van der Waals surface area contributed by atoms with Gasteiger partial charge in [0.15, 0.2) is 0 Å². The minimum Gasteiger partial charge on any atom is -0.481 e. The summed E-state index contributed by atoms with van der Waals surface area (Å²) in [7, 11) is 0. The number of carbonyl (C=O) groups is 3. The number of alkyl carbamates (subject to hydrolysis) is 1. The summed E-state index contributed by atoms with van der Waals surface area (Å²) in [6, 6.07) is 15.2. The molecular formula is C26H28F2N2O5. The zero-order valence-corrected chi connectivity index (χ0v) is 19.5. The van der Waals surface area contributed by atoms with Crippen molar-refractivity contribution in [3.05, 3.63) is 59.7 Å². The molecule has 35 heavy (non-hydrogen) atoms. The molecule has 0 spiro atoms. The van der Waals surface area contributed by atoms with Crippen LogP contribution in [0.1, 0.15) is 37.3 Å². The molecule has 1 unspecified atom stereocenters. The van der Waals surface area contributed by atoms with E-state index in [1.807, 2.05) is 48.5 Å². The van der Waals surface area contributed by atoms with Gasteiger partial charge in [-0.3, -0.25) is 9.59 Å². The fraction of sp³-hybridized carbons (Fsp3) is 0.423. The lowest BCUT2D eigenvalue weighted by Crippen LogP contribution is -2.43. The number of fused-ring (bicyclic) bond motifs is 3. The average Bonchev–Trinajstić information content (AvgIpc) is 3.31. The van der Waals surface area contributed by atoms with Crippen molar-refractivity contribution < 1.29 is 33.0 Å². The minimum atomic E-state index is -3.49. The van der Waals surface area contributed by atoms with Crippen LogP contribution < -0.4 is 5.32 Å². The van der Waals surface area contributed by atoms with Gasteiger partial charge in [0.25, 0.3) is 5.92 Å². The summed E-state index contributed by atoms with van der Waals surface area (Å²) in [6.45, 7) is 2.19. The van der Waals surface area contributed by atoms with E-state index in [-0.39, 0.29) is 24.9 Å². The van der Waals surface area contributed by atoms with Crippen LogP contribution in [-0.4, -0.2) is 59.6 Å². The van der Waals surface area contributed by atoms with Gasteiger partial charge in [-0.05, 0) is 28.2 Å². The Labute approximate surface area is 202 Å². The maximum Gasteiger partial charge on any atom is 0.407 e. The number of likely N-dealkylation sites (tertiary alicyclic amines) is 1. The summed E-state index contributed by atoms with van der Waals surface area (Å²) in [5.41, 5.74) is 4.34. The van der Waals surface area contributed by atoms with Crippen molar-refractivity contribution in [3.63, 3.8) is 0 Å². The third kappa shape index (κ3) is 4.99. The van der Waals surface area contributed by atoms with Crippen molar-refractivity contribution in [2.24, 2.45) is 11.8 Å². The maximum absolute atomic E-state index is 14.0.